The first-order chi connectivity index (χ1) is 15.0. The molecule has 4 nitrogen and oxygen atoms in total. The van der Waals surface area contributed by atoms with Gasteiger partial charge in [0.05, 0.1) is 28.6 Å². The van der Waals surface area contributed by atoms with Crippen molar-refractivity contribution in [2.45, 2.75) is 46.2 Å². The standard InChI is InChI=1S/C25H33BrCl2N4/c1-9-18(4)22(30-8)23(32(16-26)17(2)3)24(25(6)12-10-20(28)11-13-25)31-21(15-29-7)14-19(5)27/h1,10-12,14-15,17,24,29,31H,4,8,13,16H2,2-3,5-7H3/b19-14+,21-15+,23-22-. The number of halogens is 3. The van der Waals surface area contributed by atoms with Crippen LogP contribution in [0.5, 0.6) is 0 Å². The molecule has 0 bridgehead atoms. The van der Waals surface area contributed by atoms with Crippen LogP contribution in [0.3, 0.4) is 0 Å². The van der Waals surface area contributed by atoms with Crippen LogP contribution >= 0.6 is 39.1 Å². The summed E-state index contributed by atoms with van der Waals surface area (Å²) < 4.78 is 0. The molecule has 0 radical (unpaired) electrons. The molecular weight excluding hydrogens is 507 g/mol. The fourth-order valence-electron chi connectivity index (χ4n) is 3.46. The largest absolute Gasteiger partial charge is 0.392 e. The number of aliphatic imine (C=N–C) groups is 1. The third-order valence-corrected chi connectivity index (χ3v) is 6.11. The average Bonchev–Trinajstić information content (AvgIpc) is 2.73. The molecule has 1 aliphatic carbocycles. The summed E-state index contributed by atoms with van der Waals surface area (Å²) in [5, 5.41) is 8.11. The van der Waals surface area contributed by atoms with Gasteiger partial charge in [-0.1, -0.05) is 70.7 Å². The van der Waals surface area contributed by atoms with Gasteiger partial charge in [0.1, 0.15) is 0 Å². The van der Waals surface area contributed by atoms with Crippen molar-refractivity contribution in [3.8, 4) is 12.3 Å². The van der Waals surface area contributed by atoms with E-state index in [1.54, 1.807) is 0 Å². The molecule has 0 aromatic carbocycles. The molecule has 7 heteroatoms. The van der Waals surface area contributed by atoms with Gasteiger partial charge in [0.25, 0.3) is 0 Å². The molecule has 0 aromatic rings. The lowest BCUT2D eigenvalue weighted by atomic mass is 9.74. The van der Waals surface area contributed by atoms with E-state index in [1.807, 2.05) is 38.4 Å². The van der Waals surface area contributed by atoms with Crippen molar-refractivity contribution < 1.29 is 0 Å². The Balaban J connectivity index is 3.92. The van der Waals surface area contributed by atoms with Gasteiger partial charge < -0.3 is 15.5 Å². The highest BCUT2D eigenvalue weighted by molar-refractivity contribution is 9.09. The van der Waals surface area contributed by atoms with Crippen molar-refractivity contribution in [3.05, 3.63) is 69.8 Å². The smallest absolute Gasteiger partial charge is 0.0985 e. The summed E-state index contributed by atoms with van der Waals surface area (Å²) in [5.74, 6) is 2.64. The Morgan fingerprint density at radius 2 is 2.16 bits per heavy atom. The second-order valence-electron chi connectivity index (χ2n) is 8.03. The maximum absolute atomic E-state index is 6.26. The number of hydrogen-bond donors (Lipinski definition) is 2. The topological polar surface area (TPSA) is 39.7 Å². The van der Waals surface area contributed by atoms with E-state index in [-0.39, 0.29) is 17.5 Å². The van der Waals surface area contributed by atoms with E-state index in [0.717, 1.165) is 11.4 Å². The summed E-state index contributed by atoms with van der Waals surface area (Å²) in [6.45, 7) is 16.1. The van der Waals surface area contributed by atoms with Crippen LogP contribution < -0.4 is 10.6 Å². The minimum absolute atomic E-state index is 0.147. The highest BCUT2D eigenvalue weighted by Gasteiger charge is 2.39. The van der Waals surface area contributed by atoms with Crippen LogP contribution in [0.4, 0.5) is 0 Å². The lowest BCUT2D eigenvalue weighted by molar-refractivity contribution is 0.237. The fourth-order valence-corrected chi connectivity index (χ4v) is 4.57. The molecule has 0 aromatic heterocycles. The minimum Gasteiger partial charge on any atom is -0.392 e. The number of nitrogens with zero attached hydrogens (tertiary/aromatic N) is 2. The third-order valence-electron chi connectivity index (χ3n) is 5.18. The number of terminal acetylenes is 1. The predicted octanol–water partition coefficient (Wildman–Crippen LogP) is 6.40. The van der Waals surface area contributed by atoms with Crippen molar-refractivity contribution in [1.82, 2.24) is 15.5 Å². The minimum atomic E-state index is -0.366. The Labute approximate surface area is 212 Å². The first kappa shape index (κ1) is 28.2. The number of hydrogen-bond acceptors (Lipinski definition) is 4. The van der Waals surface area contributed by atoms with E-state index in [2.05, 4.69) is 82.5 Å². The Morgan fingerprint density at radius 3 is 2.56 bits per heavy atom. The normalized spacial score (nSPS) is 20.7. The Kier molecular flexibility index (Phi) is 11.4. The second-order valence-corrected chi connectivity index (χ2v) is 9.56. The van der Waals surface area contributed by atoms with Gasteiger partial charge in [-0.15, -0.1) is 6.42 Å². The lowest BCUT2D eigenvalue weighted by Gasteiger charge is -2.44. The molecule has 1 rings (SSSR count). The summed E-state index contributed by atoms with van der Waals surface area (Å²) in [7, 11) is 1.84. The Morgan fingerprint density at radius 1 is 1.50 bits per heavy atom. The van der Waals surface area contributed by atoms with Gasteiger partial charge in [-0.05, 0) is 46.1 Å². The monoisotopic (exact) mass is 538 g/mol. The molecule has 0 spiro atoms. The van der Waals surface area contributed by atoms with E-state index in [4.69, 9.17) is 29.6 Å². The van der Waals surface area contributed by atoms with E-state index in [0.29, 0.717) is 33.2 Å². The van der Waals surface area contributed by atoms with Crippen molar-refractivity contribution in [1.29, 1.82) is 0 Å². The SMILES string of the molecule is C#CC(=C)/C(N=C)=C(\C(NC(/C=C(\C)Cl)=C/NC)C1(C)C=CC(Cl)=CC1)N(CBr)C(C)C. The molecule has 2 atom stereocenters. The lowest BCUT2D eigenvalue weighted by Crippen LogP contribution is -2.50. The summed E-state index contributed by atoms with van der Waals surface area (Å²) in [6.07, 6.45) is 16.2. The van der Waals surface area contributed by atoms with Crippen molar-refractivity contribution in [2.24, 2.45) is 10.4 Å². The molecule has 0 saturated heterocycles. The zero-order valence-electron chi connectivity index (χ0n) is 19.5. The van der Waals surface area contributed by atoms with Crippen LogP contribution in [0, 0.1) is 17.8 Å². The fraction of sp³-hybridized carbons (Fsp3) is 0.400. The molecule has 0 aliphatic heterocycles. The molecule has 174 valence electrons. The molecule has 0 heterocycles. The molecule has 0 saturated carbocycles. The molecule has 32 heavy (non-hydrogen) atoms. The summed E-state index contributed by atoms with van der Waals surface area (Å²) in [5.41, 5.74) is 2.94. The Bertz CT molecular complexity index is 901. The molecule has 0 amide bonds. The number of nitrogens with one attached hydrogen (secondary N) is 2. The highest BCUT2D eigenvalue weighted by atomic mass is 79.9. The van der Waals surface area contributed by atoms with Crippen molar-refractivity contribution in [3.63, 3.8) is 0 Å². The summed E-state index contributed by atoms with van der Waals surface area (Å²) in [6, 6.07) is -0.120. The number of alkyl halides is 1. The van der Waals surface area contributed by atoms with Gasteiger partial charge in [-0.3, -0.25) is 4.99 Å². The number of rotatable bonds is 11. The third kappa shape index (κ3) is 7.33. The predicted molar refractivity (Wildman–Crippen MR) is 145 cm³/mol. The highest BCUT2D eigenvalue weighted by Crippen LogP contribution is 2.40. The van der Waals surface area contributed by atoms with Gasteiger partial charge in [-0.2, -0.15) is 0 Å². The average molecular weight is 540 g/mol. The van der Waals surface area contributed by atoms with Gasteiger partial charge >= 0.3 is 0 Å². The van der Waals surface area contributed by atoms with Crippen LogP contribution in [0.15, 0.2) is 74.8 Å². The summed E-state index contributed by atoms with van der Waals surface area (Å²) in [4.78, 5) is 6.52. The molecule has 0 fully saturated rings. The van der Waals surface area contributed by atoms with Crippen LogP contribution in [-0.4, -0.2) is 36.2 Å². The van der Waals surface area contributed by atoms with E-state index in [9.17, 15) is 0 Å². The van der Waals surface area contributed by atoms with Crippen LogP contribution in [0.1, 0.15) is 34.1 Å². The molecular formula is C25H33BrCl2N4. The summed E-state index contributed by atoms with van der Waals surface area (Å²) >= 11 is 16.1. The van der Waals surface area contributed by atoms with Gasteiger partial charge in [-0.25, -0.2) is 0 Å². The van der Waals surface area contributed by atoms with E-state index < -0.39 is 0 Å². The van der Waals surface area contributed by atoms with Gasteiger partial charge in [0.2, 0.25) is 0 Å². The van der Waals surface area contributed by atoms with E-state index in [1.165, 1.54) is 0 Å². The van der Waals surface area contributed by atoms with Gasteiger partial charge in [0.15, 0.2) is 0 Å². The van der Waals surface area contributed by atoms with Crippen LogP contribution in [-0.2, 0) is 0 Å². The molecule has 2 N–H and O–H groups in total. The first-order valence-corrected chi connectivity index (χ1v) is 12.1. The van der Waals surface area contributed by atoms with Crippen molar-refractivity contribution >= 4 is 45.8 Å². The molecule has 1 aliphatic rings. The van der Waals surface area contributed by atoms with Crippen molar-refractivity contribution in [2.75, 3.05) is 12.5 Å². The second kappa shape index (κ2) is 13.0. The van der Waals surface area contributed by atoms with Gasteiger partial charge in [0, 0.05) is 40.3 Å². The maximum Gasteiger partial charge on any atom is 0.0985 e. The molecule has 2 unspecified atom stereocenters. The Hall–Kier alpha value is -1.87. The zero-order chi connectivity index (χ0) is 24.5. The maximum atomic E-state index is 6.26. The quantitative estimate of drug-likeness (QED) is 0.105. The first-order valence-electron chi connectivity index (χ1n) is 10.3. The number of allylic oxidation sites excluding steroid dienone is 6. The zero-order valence-corrected chi connectivity index (χ0v) is 22.6. The van der Waals surface area contributed by atoms with Crippen LogP contribution in [0.25, 0.3) is 0 Å². The van der Waals surface area contributed by atoms with E-state index >= 15 is 0 Å². The van der Waals surface area contributed by atoms with Crippen LogP contribution in [0.2, 0.25) is 0 Å².